The highest BCUT2D eigenvalue weighted by Gasteiger charge is 2.11. The zero-order chi connectivity index (χ0) is 15.4. The second kappa shape index (κ2) is 6.55. The van der Waals surface area contributed by atoms with E-state index in [1.807, 2.05) is 30.3 Å². The molecule has 3 rings (SSSR count). The summed E-state index contributed by atoms with van der Waals surface area (Å²) < 4.78 is 6.00. The molecular formula is C15H10ClN3O2S. The van der Waals surface area contributed by atoms with Gasteiger partial charge in [0.2, 0.25) is 0 Å². The lowest BCUT2D eigenvalue weighted by molar-refractivity contribution is -0.112. The molecule has 0 bridgehead atoms. The molecule has 2 heterocycles. The Morgan fingerprint density at radius 1 is 1.18 bits per heavy atom. The van der Waals surface area contributed by atoms with Crippen molar-refractivity contribution in [1.82, 2.24) is 10.2 Å². The lowest BCUT2D eigenvalue weighted by Crippen LogP contribution is -2.07. The van der Waals surface area contributed by atoms with E-state index in [0.29, 0.717) is 10.2 Å². The molecule has 110 valence electrons. The zero-order valence-corrected chi connectivity index (χ0v) is 12.8. The van der Waals surface area contributed by atoms with Gasteiger partial charge in [0, 0.05) is 6.08 Å². The van der Waals surface area contributed by atoms with Crippen LogP contribution in [0.1, 0.15) is 5.56 Å². The van der Waals surface area contributed by atoms with Gasteiger partial charge in [0.25, 0.3) is 11.8 Å². The monoisotopic (exact) mass is 331 g/mol. The Morgan fingerprint density at radius 2 is 2.00 bits per heavy atom. The van der Waals surface area contributed by atoms with Crippen LogP contribution in [0.3, 0.4) is 0 Å². The predicted molar refractivity (Wildman–Crippen MR) is 86.7 cm³/mol. The van der Waals surface area contributed by atoms with Crippen molar-refractivity contribution in [3.05, 3.63) is 58.4 Å². The molecule has 0 atom stereocenters. The minimum Gasteiger partial charge on any atom is -0.402 e. The van der Waals surface area contributed by atoms with Gasteiger partial charge in [-0.15, -0.1) is 16.4 Å². The molecule has 3 aromatic rings. The maximum atomic E-state index is 11.8. The molecule has 1 N–H and O–H groups in total. The number of rotatable bonds is 4. The van der Waals surface area contributed by atoms with Crippen LogP contribution < -0.4 is 5.32 Å². The molecule has 2 aromatic heterocycles. The summed E-state index contributed by atoms with van der Waals surface area (Å²) in [7, 11) is 0. The van der Waals surface area contributed by atoms with Crippen LogP contribution in [-0.2, 0) is 4.79 Å². The van der Waals surface area contributed by atoms with Gasteiger partial charge in [-0.1, -0.05) is 47.0 Å². The van der Waals surface area contributed by atoms with Gasteiger partial charge < -0.3 is 4.42 Å². The minimum absolute atomic E-state index is 0.0437. The molecule has 0 saturated heterocycles. The summed E-state index contributed by atoms with van der Waals surface area (Å²) in [6, 6.07) is 13.1. The Hall–Kier alpha value is -2.44. The van der Waals surface area contributed by atoms with E-state index in [0.717, 1.165) is 10.4 Å². The largest absolute Gasteiger partial charge is 0.402 e. The van der Waals surface area contributed by atoms with Crippen LogP contribution in [0.5, 0.6) is 0 Å². The Bertz CT molecular complexity index is 811. The van der Waals surface area contributed by atoms with Gasteiger partial charge in [0.05, 0.1) is 9.21 Å². The maximum absolute atomic E-state index is 11.8. The van der Waals surface area contributed by atoms with E-state index in [9.17, 15) is 4.79 Å². The van der Waals surface area contributed by atoms with Gasteiger partial charge in [-0.05, 0) is 23.8 Å². The van der Waals surface area contributed by atoms with Gasteiger partial charge in [-0.2, -0.15) is 0 Å². The first-order valence-electron chi connectivity index (χ1n) is 6.34. The van der Waals surface area contributed by atoms with Crippen molar-refractivity contribution in [3.63, 3.8) is 0 Å². The molecule has 0 aliphatic carbocycles. The van der Waals surface area contributed by atoms with Gasteiger partial charge in [-0.3, -0.25) is 10.1 Å². The lowest BCUT2D eigenvalue weighted by Gasteiger charge is -1.94. The van der Waals surface area contributed by atoms with Crippen LogP contribution in [0.2, 0.25) is 4.34 Å². The summed E-state index contributed by atoms with van der Waals surface area (Å²) in [6.07, 6.45) is 3.10. The van der Waals surface area contributed by atoms with Gasteiger partial charge >= 0.3 is 6.01 Å². The summed E-state index contributed by atoms with van der Waals surface area (Å²) in [5, 5.41) is 10.2. The molecule has 0 radical (unpaired) electrons. The first-order chi connectivity index (χ1) is 10.7. The van der Waals surface area contributed by atoms with Crippen LogP contribution in [0.4, 0.5) is 6.01 Å². The van der Waals surface area contributed by atoms with Crippen LogP contribution >= 0.6 is 22.9 Å². The number of carbonyl (C=O) groups is 1. The van der Waals surface area contributed by atoms with E-state index < -0.39 is 0 Å². The van der Waals surface area contributed by atoms with Crippen LogP contribution in [-0.4, -0.2) is 16.1 Å². The van der Waals surface area contributed by atoms with E-state index in [-0.39, 0.29) is 11.9 Å². The highest BCUT2D eigenvalue weighted by molar-refractivity contribution is 7.19. The molecule has 1 amide bonds. The van der Waals surface area contributed by atoms with E-state index in [1.165, 1.54) is 17.4 Å². The first-order valence-corrected chi connectivity index (χ1v) is 7.53. The summed E-state index contributed by atoms with van der Waals surface area (Å²) in [5.41, 5.74) is 0.928. The highest BCUT2D eigenvalue weighted by Crippen LogP contribution is 2.30. The van der Waals surface area contributed by atoms with Crippen molar-refractivity contribution in [3.8, 4) is 10.8 Å². The number of nitrogens with one attached hydrogen (secondary N) is 1. The van der Waals surface area contributed by atoms with Crippen LogP contribution in [0, 0.1) is 0 Å². The topological polar surface area (TPSA) is 68.0 Å². The van der Waals surface area contributed by atoms with Crippen molar-refractivity contribution >= 4 is 40.9 Å². The summed E-state index contributed by atoms with van der Waals surface area (Å²) >= 11 is 7.17. The summed E-state index contributed by atoms with van der Waals surface area (Å²) in [6.45, 7) is 0. The molecule has 7 heteroatoms. The molecular weight excluding hydrogens is 322 g/mol. The van der Waals surface area contributed by atoms with E-state index >= 15 is 0 Å². The van der Waals surface area contributed by atoms with Crippen molar-refractivity contribution in [2.75, 3.05) is 5.32 Å². The molecule has 0 aliphatic rings. The van der Waals surface area contributed by atoms with E-state index in [4.69, 9.17) is 16.0 Å². The van der Waals surface area contributed by atoms with Gasteiger partial charge in [0.15, 0.2) is 0 Å². The van der Waals surface area contributed by atoms with E-state index in [1.54, 1.807) is 18.2 Å². The zero-order valence-electron chi connectivity index (χ0n) is 11.2. The fraction of sp³-hybridized carbons (Fsp3) is 0. The smallest absolute Gasteiger partial charge is 0.322 e. The fourth-order valence-electron chi connectivity index (χ4n) is 1.69. The average molecular weight is 332 g/mol. The fourth-order valence-corrected chi connectivity index (χ4v) is 2.65. The number of benzene rings is 1. The Balaban J connectivity index is 1.65. The molecule has 5 nitrogen and oxygen atoms in total. The number of amides is 1. The Morgan fingerprint density at radius 3 is 2.73 bits per heavy atom. The number of halogens is 1. The van der Waals surface area contributed by atoms with Gasteiger partial charge in [-0.25, -0.2) is 0 Å². The molecule has 0 fully saturated rings. The van der Waals surface area contributed by atoms with Crippen molar-refractivity contribution in [2.45, 2.75) is 0 Å². The van der Waals surface area contributed by atoms with Crippen LogP contribution in [0.15, 0.2) is 53.0 Å². The number of carbonyl (C=O) groups excluding carboxylic acids is 1. The molecule has 0 unspecified atom stereocenters. The SMILES string of the molecule is O=C(/C=C/c1ccccc1)Nc1nnc(-c2ccc(Cl)s2)o1. The molecule has 1 aromatic carbocycles. The predicted octanol–water partition coefficient (Wildman–Crippen LogP) is 4.10. The quantitative estimate of drug-likeness (QED) is 0.731. The van der Waals surface area contributed by atoms with Crippen molar-refractivity contribution < 1.29 is 9.21 Å². The number of hydrogen-bond donors (Lipinski definition) is 1. The molecule has 22 heavy (non-hydrogen) atoms. The normalized spacial score (nSPS) is 11.0. The first kappa shape index (κ1) is 14.5. The number of aromatic nitrogens is 2. The number of anilines is 1. The van der Waals surface area contributed by atoms with E-state index in [2.05, 4.69) is 15.5 Å². The molecule has 0 spiro atoms. The second-order valence-corrected chi connectivity index (χ2v) is 5.96. The van der Waals surface area contributed by atoms with Crippen LogP contribution in [0.25, 0.3) is 16.8 Å². The van der Waals surface area contributed by atoms with Crippen molar-refractivity contribution in [1.29, 1.82) is 0 Å². The third kappa shape index (κ3) is 3.60. The minimum atomic E-state index is -0.344. The molecule has 0 aliphatic heterocycles. The summed E-state index contributed by atoms with van der Waals surface area (Å²) in [4.78, 5) is 12.5. The number of hydrogen-bond acceptors (Lipinski definition) is 5. The standard InChI is InChI=1S/C15H10ClN3O2S/c16-12-8-7-11(22-12)14-18-19-15(21-14)17-13(20)9-6-10-4-2-1-3-5-10/h1-9H,(H,17,19,20)/b9-6+. The van der Waals surface area contributed by atoms with Gasteiger partial charge in [0.1, 0.15) is 0 Å². The lowest BCUT2D eigenvalue weighted by atomic mass is 10.2. The average Bonchev–Trinajstić information content (AvgIpc) is 3.15. The highest BCUT2D eigenvalue weighted by atomic mass is 35.5. The van der Waals surface area contributed by atoms with Crippen molar-refractivity contribution in [2.24, 2.45) is 0 Å². The third-order valence-electron chi connectivity index (χ3n) is 2.67. The maximum Gasteiger partial charge on any atom is 0.322 e. The molecule has 0 saturated carbocycles. The third-order valence-corrected chi connectivity index (χ3v) is 3.88. The Kier molecular flexibility index (Phi) is 4.32. The summed E-state index contributed by atoms with van der Waals surface area (Å²) in [5.74, 6) is -0.0255. The Labute approximate surface area is 135 Å². The number of nitrogens with zero attached hydrogens (tertiary/aromatic N) is 2. The number of thiophene rings is 1. The second-order valence-electron chi connectivity index (χ2n) is 4.25.